The van der Waals surface area contributed by atoms with Crippen molar-refractivity contribution in [3.05, 3.63) is 51.9 Å². The number of thiophene rings is 1. The van der Waals surface area contributed by atoms with Gasteiger partial charge >= 0.3 is 5.97 Å². The Morgan fingerprint density at radius 2 is 2.04 bits per heavy atom. The molecule has 0 fully saturated rings. The zero-order valence-corrected chi connectivity index (χ0v) is 13.7. The maximum absolute atomic E-state index is 12.5. The van der Waals surface area contributed by atoms with Crippen molar-refractivity contribution in [2.45, 2.75) is 20.4 Å². The van der Waals surface area contributed by atoms with Gasteiger partial charge in [0.05, 0.1) is 18.5 Å². The highest BCUT2D eigenvalue weighted by Crippen LogP contribution is 2.30. The van der Waals surface area contributed by atoms with Gasteiger partial charge in [0.15, 0.2) is 0 Å². The van der Waals surface area contributed by atoms with Crippen LogP contribution in [0.25, 0.3) is 21.3 Å². The summed E-state index contributed by atoms with van der Waals surface area (Å²) < 4.78 is 6.71. The number of hydrogen-bond donors (Lipinski definition) is 0. The second-order valence-corrected chi connectivity index (χ2v) is 6.06. The van der Waals surface area contributed by atoms with E-state index in [9.17, 15) is 9.59 Å². The minimum atomic E-state index is -0.439. The normalized spacial score (nSPS) is 10.9. The molecule has 118 valence electrons. The zero-order valence-electron chi connectivity index (χ0n) is 12.9. The SMILES string of the molecule is CCOC(=O)Cn1cnc2c(-c3ccc(C)cc3)csc2c1=O. The van der Waals surface area contributed by atoms with Crippen LogP contribution in [0, 0.1) is 6.92 Å². The van der Waals surface area contributed by atoms with Crippen LogP contribution in [-0.4, -0.2) is 22.1 Å². The van der Waals surface area contributed by atoms with Gasteiger partial charge in [0.1, 0.15) is 11.2 Å². The molecule has 0 N–H and O–H groups in total. The number of ether oxygens (including phenoxy) is 1. The molecule has 0 atom stereocenters. The molecule has 2 heterocycles. The molecule has 0 radical (unpaired) electrons. The third-order valence-corrected chi connectivity index (χ3v) is 4.47. The lowest BCUT2D eigenvalue weighted by Crippen LogP contribution is -2.25. The second kappa shape index (κ2) is 6.34. The molecule has 0 bridgehead atoms. The van der Waals surface area contributed by atoms with Crippen molar-refractivity contribution in [2.75, 3.05) is 6.61 Å². The molecular weight excluding hydrogens is 312 g/mol. The molecule has 0 aliphatic rings. The van der Waals surface area contributed by atoms with Gasteiger partial charge in [0.25, 0.3) is 5.56 Å². The van der Waals surface area contributed by atoms with E-state index in [-0.39, 0.29) is 12.1 Å². The molecule has 0 spiro atoms. The summed E-state index contributed by atoms with van der Waals surface area (Å²) in [7, 11) is 0. The minimum absolute atomic E-state index is 0.118. The van der Waals surface area contributed by atoms with Crippen LogP contribution in [0.3, 0.4) is 0 Å². The summed E-state index contributed by atoms with van der Waals surface area (Å²) >= 11 is 1.35. The minimum Gasteiger partial charge on any atom is -0.465 e. The van der Waals surface area contributed by atoms with Crippen molar-refractivity contribution in [2.24, 2.45) is 0 Å². The molecule has 0 saturated heterocycles. The van der Waals surface area contributed by atoms with Gasteiger partial charge in [-0.2, -0.15) is 0 Å². The fraction of sp³-hybridized carbons (Fsp3) is 0.235. The van der Waals surface area contributed by atoms with Gasteiger partial charge < -0.3 is 4.74 Å². The van der Waals surface area contributed by atoms with Crippen LogP contribution in [0.4, 0.5) is 0 Å². The highest BCUT2D eigenvalue weighted by atomic mass is 32.1. The number of nitrogens with zero attached hydrogens (tertiary/aromatic N) is 2. The van der Waals surface area contributed by atoms with Crippen molar-refractivity contribution >= 4 is 27.5 Å². The number of hydrogen-bond acceptors (Lipinski definition) is 5. The molecule has 0 saturated carbocycles. The Morgan fingerprint density at radius 1 is 1.30 bits per heavy atom. The number of carbonyl (C=O) groups excluding carboxylic acids is 1. The Kier molecular flexibility index (Phi) is 4.25. The summed E-state index contributed by atoms with van der Waals surface area (Å²) in [5, 5.41) is 1.93. The van der Waals surface area contributed by atoms with Crippen molar-refractivity contribution in [3.63, 3.8) is 0 Å². The number of aromatic nitrogens is 2. The molecule has 6 heteroatoms. The Hall–Kier alpha value is -2.47. The van der Waals surface area contributed by atoms with Crippen molar-refractivity contribution in [1.29, 1.82) is 0 Å². The maximum atomic E-state index is 12.5. The summed E-state index contributed by atoms with van der Waals surface area (Å²) in [4.78, 5) is 28.4. The molecule has 0 aliphatic heterocycles. The average Bonchev–Trinajstić information content (AvgIpc) is 2.96. The van der Waals surface area contributed by atoms with E-state index in [4.69, 9.17) is 4.74 Å². The fourth-order valence-corrected chi connectivity index (χ4v) is 3.31. The third-order valence-electron chi connectivity index (χ3n) is 3.51. The third kappa shape index (κ3) is 3.03. The Bertz CT molecular complexity index is 910. The molecule has 3 rings (SSSR count). The summed E-state index contributed by atoms with van der Waals surface area (Å²) in [6.07, 6.45) is 1.41. The van der Waals surface area contributed by atoms with Crippen LogP contribution in [0.5, 0.6) is 0 Å². The van der Waals surface area contributed by atoms with E-state index in [0.717, 1.165) is 11.1 Å². The van der Waals surface area contributed by atoms with Gasteiger partial charge in [0, 0.05) is 10.9 Å². The topological polar surface area (TPSA) is 61.2 Å². The molecule has 1 aromatic carbocycles. The largest absolute Gasteiger partial charge is 0.465 e. The molecule has 5 nitrogen and oxygen atoms in total. The first kappa shape index (κ1) is 15.4. The van der Waals surface area contributed by atoms with E-state index >= 15 is 0 Å². The number of carbonyl (C=O) groups is 1. The molecular formula is C17H16N2O3S. The second-order valence-electron chi connectivity index (χ2n) is 5.18. The summed E-state index contributed by atoms with van der Waals surface area (Å²) in [5.41, 5.74) is 3.59. The lowest BCUT2D eigenvalue weighted by molar-refractivity contribution is -0.143. The maximum Gasteiger partial charge on any atom is 0.326 e. The van der Waals surface area contributed by atoms with Crippen LogP contribution in [0.1, 0.15) is 12.5 Å². The van der Waals surface area contributed by atoms with Crippen LogP contribution in [0.2, 0.25) is 0 Å². The zero-order chi connectivity index (χ0) is 16.4. The predicted octanol–water partition coefficient (Wildman–Crippen LogP) is 3.00. The molecule has 0 aliphatic carbocycles. The first-order valence-electron chi connectivity index (χ1n) is 7.29. The molecule has 3 aromatic rings. The van der Waals surface area contributed by atoms with Gasteiger partial charge in [-0.25, -0.2) is 4.98 Å². The highest BCUT2D eigenvalue weighted by molar-refractivity contribution is 7.17. The van der Waals surface area contributed by atoms with E-state index in [0.29, 0.717) is 16.8 Å². The Labute approximate surface area is 137 Å². The summed E-state index contributed by atoms with van der Waals surface area (Å²) in [6.45, 7) is 3.93. The lowest BCUT2D eigenvalue weighted by atomic mass is 10.1. The van der Waals surface area contributed by atoms with E-state index in [1.807, 2.05) is 36.6 Å². The molecule has 0 amide bonds. The van der Waals surface area contributed by atoms with E-state index in [1.54, 1.807) is 6.92 Å². The van der Waals surface area contributed by atoms with Gasteiger partial charge in [-0.1, -0.05) is 29.8 Å². The van der Waals surface area contributed by atoms with Gasteiger partial charge in [-0.3, -0.25) is 14.2 Å². The van der Waals surface area contributed by atoms with E-state index in [1.165, 1.54) is 27.8 Å². The fourth-order valence-electron chi connectivity index (χ4n) is 2.34. The standard InChI is InChI=1S/C17H16N2O3S/c1-3-22-14(20)8-19-10-18-15-13(9-23-16(15)17(19)21)12-6-4-11(2)5-7-12/h4-7,9-10H,3,8H2,1-2H3. The quantitative estimate of drug-likeness (QED) is 0.691. The monoisotopic (exact) mass is 328 g/mol. The smallest absolute Gasteiger partial charge is 0.326 e. The lowest BCUT2D eigenvalue weighted by Gasteiger charge is -2.05. The first-order valence-corrected chi connectivity index (χ1v) is 8.17. The van der Waals surface area contributed by atoms with Crippen LogP contribution >= 0.6 is 11.3 Å². The van der Waals surface area contributed by atoms with Gasteiger partial charge in [0.2, 0.25) is 0 Å². The summed E-state index contributed by atoms with van der Waals surface area (Å²) in [5.74, 6) is -0.439. The van der Waals surface area contributed by atoms with E-state index in [2.05, 4.69) is 4.98 Å². The van der Waals surface area contributed by atoms with Gasteiger partial charge in [-0.15, -0.1) is 11.3 Å². The molecule has 23 heavy (non-hydrogen) atoms. The van der Waals surface area contributed by atoms with Crippen LogP contribution in [0.15, 0.2) is 40.8 Å². The Morgan fingerprint density at radius 3 is 2.74 bits per heavy atom. The van der Waals surface area contributed by atoms with E-state index < -0.39 is 5.97 Å². The first-order chi connectivity index (χ1) is 11.1. The Balaban J connectivity index is 2.02. The van der Waals surface area contributed by atoms with Crippen LogP contribution in [-0.2, 0) is 16.1 Å². The number of rotatable bonds is 4. The highest BCUT2D eigenvalue weighted by Gasteiger charge is 2.14. The van der Waals surface area contributed by atoms with Crippen molar-refractivity contribution in [1.82, 2.24) is 9.55 Å². The van der Waals surface area contributed by atoms with Crippen molar-refractivity contribution in [3.8, 4) is 11.1 Å². The number of aryl methyl sites for hydroxylation is 1. The number of esters is 1. The van der Waals surface area contributed by atoms with Gasteiger partial charge in [-0.05, 0) is 19.4 Å². The molecule has 2 aromatic heterocycles. The number of fused-ring (bicyclic) bond motifs is 1. The van der Waals surface area contributed by atoms with Crippen LogP contribution < -0.4 is 5.56 Å². The summed E-state index contributed by atoms with van der Waals surface area (Å²) in [6, 6.07) is 8.09. The predicted molar refractivity (Wildman–Crippen MR) is 90.7 cm³/mol. The number of benzene rings is 1. The molecule has 0 unspecified atom stereocenters. The average molecular weight is 328 g/mol. The van der Waals surface area contributed by atoms with Crippen molar-refractivity contribution < 1.29 is 9.53 Å².